The first-order chi connectivity index (χ1) is 14.6. The van der Waals surface area contributed by atoms with E-state index in [1.54, 1.807) is 24.3 Å². The molecule has 3 rings (SSSR count). The molecule has 2 N–H and O–H groups in total. The van der Waals surface area contributed by atoms with E-state index in [1.165, 1.54) is 12.7 Å². The fraction of sp³-hybridized carbons (Fsp3) is 0.348. The minimum atomic E-state index is -0.446. The molecule has 158 valence electrons. The summed E-state index contributed by atoms with van der Waals surface area (Å²) in [6, 6.07) is 14.3. The molecule has 0 saturated carbocycles. The van der Waals surface area contributed by atoms with Crippen LogP contribution in [0.2, 0.25) is 0 Å². The van der Waals surface area contributed by atoms with Crippen molar-refractivity contribution in [2.45, 2.75) is 32.3 Å². The van der Waals surface area contributed by atoms with Gasteiger partial charge in [-0.25, -0.2) is 9.79 Å². The van der Waals surface area contributed by atoms with Crippen molar-refractivity contribution in [2.75, 3.05) is 25.6 Å². The Morgan fingerprint density at radius 3 is 2.40 bits per heavy atom. The lowest BCUT2D eigenvalue weighted by Crippen LogP contribution is -2.36. The Labute approximate surface area is 176 Å². The van der Waals surface area contributed by atoms with Gasteiger partial charge in [-0.3, -0.25) is 10.1 Å². The van der Waals surface area contributed by atoms with Crippen molar-refractivity contribution in [1.29, 1.82) is 0 Å². The van der Waals surface area contributed by atoms with Gasteiger partial charge in [-0.1, -0.05) is 19.1 Å². The largest absolute Gasteiger partial charge is 0.465 e. The Kier molecular flexibility index (Phi) is 7.57. The predicted molar refractivity (Wildman–Crippen MR) is 116 cm³/mol. The molecular weight excluding hydrogens is 382 g/mol. The molecule has 7 heteroatoms. The minimum Gasteiger partial charge on any atom is -0.465 e. The maximum Gasteiger partial charge on any atom is 0.337 e. The lowest BCUT2D eigenvalue weighted by molar-refractivity contribution is 0.0600. The van der Waals surface area contributed by atoms with E-state index in [0.717, 1.165) is 31.6 Å². The van der Waals surface area contributed by atoms with Crippen LogP contribution in [0.25, 0.3) is 0 Å². The Hall–Kier alpha value is -3.19. The normalized spacial score (nSPS) is 16.2. The van der Waals surface area contributed by atoms with E-state index in [9.17, 15) is 9.59 Å². The summed E-state index contributed by atoms with van der Waals surface area (Å²) in [7, 11) is 1.32. The van der Waals surface area contributed by atoms with Crippen molar-refractivity contribution in [3.8, 4) is 0 Å². The monoisotopic (exact) mass is 409 g/mol. The Morgan fingerprint density at radius 2 is 1.80 bits per heavy atom. The third kappa shape index (κ3) is 5.90. The van der Waals surface area contributed by atoms with Gasteiger partial charge >= 0.3 is 5.97 Å². The van der Waals surface area contributed by atoms with Gasteiger partial charge in [0.15, 0.2) is 0 Å². The first-order valence-corrected chi connectivity index (χ1v) is 10.1. The van der Waals surface area contributed by atoms with Crippen molar-refractivity contribution in [1.82, 2.24) is 5.32 Å². The molecule has 0 spiro atoms. The molecule has 0 bridgehead atoms. The zero-order valence-electron chi connectivity index (χ0n) is 17.3. The SMILES string of the molecule is CCc1ccc(NC(=NC[C@@H]2CCCO2)NC(=O)c2ccc(C(=O)OC)cc2)cc1. The van der Waals surface area contributed by atoms with Gasteiger partial charge in [-0.05, 0) is 61.2 Å². The molecular formula is C23H27N3O4. The van der Waals surface area contributed by atoms with Gasteiger partial charge in [0.25, 0.3) is 5.91 Å². The second kappa shape index (κ2) is 10.5. The summed E-state index contributed by atoms with van der Waals surface area (Å²) in [5.74, 6) is -0.412. The van der Waals surface area contributed by atoms with Crippen LogP contribution >= 0.6 is 0 Å². The number of methoxy groups -OCH3 is 1. The molecule has 2 aromatic carbocycles. The number of carbonyl (C=O) groups is 2. The quantitative estimate of drug-likeness (QED) is 0.434. The third-order valence-corrected chi connectivity index (χ3v) is 4.90. The highest BCUT2D eigenvalue weighted by atomic mass is 16.5. The molecule has 30 heavy (non-hydrogen) atoms. The number of hydrogen-bond acceptors (Lipinski definition) is 5. The number of aryl methyl sites for hydroxylation is 1. The summed E-state index contributed by atoms with van der Waals surface area (Å²) in [5.41, 5.74) is 2.86. The second-order valence-corrected chi connectivity index (χ2v) is 7.02. The van der Waals surface area contributed by atoms with Crippen LogP contribution in [-0.4, -0.2) is 44.2 Å². The minimum absolute atomic E-state index is 0.0699. The summed E-state index contributed by atoms with van der Waals surface area (Å²) in [6.45, 7) is 3.32. The van der Waals surface area contributed by atoms with E-state index < -0.39 is 5.97 Å². The van der Waals surface area contributed by atoms with Crippen LogP contribution < -0.4 is 10.6 Å². The van der Waals surface area contributed by atoms with Crippen molar-refractivity contribution < 1.29 is 19.1 Å². The number of aliphatic imine (C=N–C) groups is 1. The number of rotatable bonds is 6. The summed E-state index contributed by atoms with van der Waals surface area (Å²) in [5, 5.41) is 6.01. The number of benzene rings is 2. The average Bonchev–Trinajstić information content (AvgIpc) is 3.31. The van der Waals surface area contributed by atoms with Crippen LogP contribution in [0.3, 0.4) is 0 Å². The summed E-state index contributed by atoms with van der Waals surface area (Å²) >= 11 is 0. The van der Waals surface area contributed by atoms with Crippen molar-refractivity contribution in [3.63, 3.8) is 0 Å². The van der Waals surface area contributed by atoms with Crippen molar-refractivity contribution in [3.05, 3.63) is 65.2 Å². The van der Waals surface area contributed by atoms with Gasteiger partial charge in [0.05, 0.1) is 25.3 Å². The van der Waals surface area contributed by atoms with Crippen LogP contribution in [-0.2, 0) is 15.9 Å². The number of guanidine groups is 1. The number of carbonyl (C=O) groups excluding carboxylic acids is 2. The molecule has 7 nitrogen and oxygen atoms in total. The van der Waals surface area contributed by atoms with Crippen molar-refractivity contribution >= 4 is 23.5 Å². The Balaban J connectivity index is 1.72. The maximum absolute atomic E-state index is 12.7. The lowest BCUT2D eigenvalue weighted by atomic mass is 10.1. The fourth-order valence-electron chi connectivity index (χ4n) is 3.11. The number of esters is 1. The molecule has 1 aliphatic heterocycles. The molecule has 1 atom stereocenters. The Morgan fingerprint density at radius 1 is 1.10 bits per heavy atom. The predicted octanol–water partition coefficient (Wildman–Crippen LogP) is 3.41. The van der Waals surface area contributed by atoms with Crippen LogP contribution in [0.5, 0.6) is 0 Å². The molecule has 1 fully saturated rings. The van der Waals surface area contributed by atoms with E-state index in [2.05, 4.69) is 27.3 Å². The number of amides is 1. The molecule has 1 heterocycles. The van der Waals surface area contributed by atoms with Crippen molar-refractivity contribution in [2.24, 2.45) is 4.99 Å². The van der Waals surface area contributed by atoms with Crippen LogP contribution in [0.1, 0.15) is 46.0 Å². The van der Waals surface area contributed by atoms with Crippen LogP contribution in [0.4, 0.5) is 5.69 Å². The van der Waals surface area contributed by atoms with E-state index in [-0.39, 0.29) is 12.0 Å². The highest BCUT2D eigenvalue weighted by Crippen LogP contribution is 2.13. The number of hydrogen-bond donors (Lipinski definition) is 2. The molecule has 0 aromatic heterocycles. The molecule has 1 amide bonds. The number of nitrogens with zero attached hydrogens (tertiary/aromatic N) is 1. The smallest absolute Gasteiger partial charge is 0.337 e. The van der Waals surface area contributed by atoms with E-state index >= 15 is 0 Å². The molecule has 2 aromatic rings. The Bertz CT molecular complexity index is 886. The lowest BCUT2D eigenvalue weighted by Gasteiger charge is -2.14. The second-order valence-electron chi connectivity index (χ2n) is 7.02. The molecule has 0 radical (unpaired) electrons. The fourth-order valence-corrected chi connectivity index (χ4v) is 3.11. The van der Waals surface area contributed by atoms with E-state index in [1.807, 2.05) is 24.3 Å². The van der Waals surface area contributed by atoms with Gasteiger partial charge in [-0.2, -0.15) is 0 Å². The molecule has 1 aliphatic rings. The van der Waals surface area contributed by atoms with E-state index in [0.29, 0.717) is 23.6 Å². The third-order valence-electron chi connectivity index (χ3n) is 4.90. The maximum atomic E-state index is 12.7. The number of ether oxygens (including phenoxy) is 2. The number of nitrogens with one attached hydrogen (secondary N) is 2. The first kappa shape index (κ1) is 21.5. The summed E-state index contributed by atoms with van der Waals surface area (Å²) in [6.07, 6.45) is 3.02. The zero-order valence-corrected chi connectivity index (χ0v) is 17.3. The van der Waals surface area contributed by atoms with Gasteiger partial charge in [0.2, 0.25) is 5.96 Å². The number of anilines is 1. The van der Waals surface area contributed by atoms with Gasteiger partial charge < -0.3 is 14.8 Å². The van der Waals surface area contributed by atoms with Gasteiger partial charge in [0, 0.05) is 17.9 Å². The van der Waals surface area contributed by atoms with Crippen LogP contribution in [0.15, 0.2) is 53.5 Å². The van der Waals surface area contributed by atoms with Crippen LogP contribution in [0, 0.1) is 0 Å². The molecule has 0 unspecified atom stereocenters. The molecule has 0 aliphatic carbocycles. The van der Waals surface area contributed by atoms with E-state index in [4.69, 9.17) is 4.74 Å². The summed E-state index contributed by atoms with van der Waals surface area (Å²) < 4.78 is 10.3. The topological polar surface area (TPSA) is 89.0 Å². The standard InChI is InChI=1S/C23H27N3O4/c1-3-16-6-12-19(13-7-16)25-23(24-15-20-5-4-14-30-20)26-21(27)17-8-10-18(11-9-17)22(28)29-2/h6-13,20H,3-5,14-15H2,1-2H3,(H2,24,25,26,27)/t20-/m0/s1. The zero-order chi connectivity index (χ0) is 21.3. The highest BCUT2D eigenvalue weighted by molar-refractivity contribution is 6.10. The highest BCUT2D eigenvalue weighted by Gasteiger charge is 2.16. The van der Waals surface area contributed by atoms with Gasteiger partial charge in [0.1, 0.15) is 0 Å². The molecule has 1 saturated heterocycles. The van der Waals surface area contributed by atoms with Gasteiger partial charge in [-0.15, -0.1) is 0 Å². The average molecular weight is 409 g/mol. The summed E-state index contributed by atoms with van der Waals surface area (Å²) in [4.78, 5) is 28.8. The first-order valence-electron chi connectivity index (χ1n) is 10.1.